The lowest BCUT2D eigenvalue weighted by Gasteiger charge is -2.39. The Hall–Kier alpha value is -0.450. The molecule has 2 saturated heterocycles. The van der Waals surface area contributed by atoms with Crippen molar-refractivity contribution in [2.45, 2.75) is 39.7 Å². The first kappa shape index (κ1) is 12.6. The van der Waals surface area contributed by atoms with Gasteiger partial charge in [0.25, 0.3) is 0 Å². The van der Waals surface area contributed by atoms with Crippen LogP contribution in [0.15, 0.2) is 0 Å². The summed E-state index contributed by atoms with van der Waals surface area (Å²) in [4.78, 5) is 8.66. The minimum atomic E-state index is 0.575. The number of piperidine rings is 1. The third-order valence-corrected chi connectivity index (χ3v) is 5.50. The minimum absolute atomic E-state index is 0.575. The summed E-state index contributed by atoms with van der Waals surface area (Å²) in [5, 5.41) is 4.75. The maximum atomic E-state index is 4.55. The molecule has 0 aliphatic carbocycles. The Kier molecular flexibility index (Phi) is 3.43. The monoisotopic (exact) mass is 265 g/mol. The Balaban J connectivity index is 1.67. The first-order valence-corrected chi connectivity index (χ1v) is 7.85. The average molecular weight is 265 g/mol. The van der Waals surface area contributed by atoms with Gasteiger partial charge in [0, 0.05) is 24.5 Å². The van der Waals surface area contributed by atoms with E-state index in [1.807, 2.05) is 11.3 Å². The highest BCUT2D eigenvalue weighted by molar-refractivity contribution is 7.11. The summed E-state index contributed by atoms with van der Waals surface area (Å²) in [6.45, 7) is 10.3. The molecule has 1 spiro atoms. The van der Waals surface area contributed by atoms with Crippen molar-refractivity contribution in [2.24, 2.45) is 5.41 Å². The van der Waals surface area contributed by atoms with Gasteiger partial charge in [-0.2, -0.15) is 0 Å². The van der Waals surface area contributed by atoms with Gasteiger partial charge in [0.05, 0.1) is 10.7 Å². The summed E-state index contributed by atoms with van der Waals surface area (Å²) in [5.74, 6) is 0. The molecule has 1 aromatic heterocycles. The standard InChI is InChI=1S/C14H23N3S/c1-11-13(18-12(2)16-11)8-17-7-3-4-14(10-17)5-6-15-9-14/h15H,3-10H2,1-2H3/t14-/m0/s1. The average Bonchev–Trinajstić information content (AvgIpc) is 2.88. The van der Waals surface area contributed by atoms with Crippen molar-refractivity contribution in [1.82, 2.24) is 15.2 Å². The molecule has 3 heterocycles. The van der Waals surface area contributed by atoms with E-state index in [1.54, 1.807) is 0 Å². The van der Waals surface area contributed by atoms with Gasteiger partial charge in [0.2, 0.25) is 0 Å². The first-order valence-electron chi connectivity index (χ1n) is 7.03. The normalized spacial score (nSPS) is 29.2. The maximum Gasteiger partial charge on any atom is 0.0900 e. The zero-order valence-corrected chi connectivity index (χ0v) is 12.3. The number of hydrogen-bond donors (Lipinski definition) is 1. The molecule has 0 saturated carbocycles. The highest BCUT2D eigenvalue weighted by Crippen LogP contribution is 2.36. The molecule has 1 N–H and O–H groups in total. The fourth-order valence-electron chi connectivity index (χ4n) is 3.51. The lowest BCUT2D eigenvalue weighted by atomic mass is 9.79. The van der Waals surface area contributed by atoms with Crippen molar-refractivity contribution in [2.75, 3.05) is 26.2 Å². The molecule has 3 nitrogen and oxygen atoms in total. The van der Waals surface area contributed by atoms with E-state index in [1.165, 1.54) is 61.0 Å². The Morgan fingerprint density at radius 3 is 2.94 bits per heavy atom. The van der Waals surface area contributed by atoms with Crippen molar-refractivity contribution in [3.8, 4) is 0 Å². The van der Waals surface area contributed by atoms with E-state index >= 15 is 0 Å². The lowest BCUT2D eigenvalue weighted by Crippen LogP contribution is -2.43. The Morgan fingerprint density at radius 2 is 2.28 bits per heavy atom. The zero-order valence-electron chi connectivity index (χ0n) is 11.5. The van der Waals surface area contributed by atoms with E-state index in [0.717, 1.165) is 6.54 Å². The SMILES string of the molecule is Cc1nc(C)c(CN2CCC[C@@]3(CCNC3)C2)s1. The van der Waals surface area contributed by atoms with E-state index in [4.69, 9.17) is 0 Å². The molecule has 1 aromatic rings. The number of aromatic nitrogens is 1. The van der Waals surface area contributed by atoms with Gasteiger partial charge in [0.1, 0.15) is 0 Å². The van der Waals surface area contributed by atoms with Gasteiger partial charge in [-0.05, 0) is 51.6 Å². The van der Waals surface area contributed by atoms with E-state index in [9.17, 15) is 0 Å². The molecule has 4 heteroatoms. The summed E-state index contributed by atoms with van der Waals surface area (Å²) < 4.78 is 0. The fraction of sp³-hybridized carbons (Fsp3) is 0.786. The number of hydrogen-bond acceptors (Lipinski definition) is 4. The van der Waals surface area contributed by atoms with Crippen LogP contribution in [0.3, 0.4) is 0 Å². The number of rotatable bonds is 2. The Morgan fingerprint density at radius 1 is 1.39 bits per heavy atom. The second kappa shape index (κ2) is 4.91. The number of aryl methyl sites for hydroxylation is 2. The van der Waals surface area contributed by atoms with E-state index in [2.05, 4.69) is 29.0 Å². The van der Waals surface area contributed by atoms with Crippen molar-refractivity contribution in [3.05, 3.63) is 15.6 Å². The summed E-state index contributed by atoms with van der Waals surface area (Å²) in [6.07, 6.45) is 4.14. The molecular formula is C14H23N3S. The highest BCUT2D eigenvalue weighted by Gasteiger charge is 2.37. The molecule has 0 bridgehead atoms. The molecule has 0 amide bonds. The predicted molar refractivity (Wildman–Crippen MR) is 76.0 cm³/mol. The van der Waals surface area contributed by atoms with Crippen LogP contribution in [-0.2, 0) is 6.54 Å². The second-order valence-electron chi connectivity index (χ2n) is 5.98. The largest absolute Gasteiger partial charge is 0.316 e. The number of nitrogens with one attached hydrogen (secondary N) is 1. The van der Waals surface area contributed by atoms with Gasteiger partial charge in [-0.1, -0.05) is 0 Å². The third-order valence-electron chi connectivity index (χ3n) is 4.44. The van der Waals surface area contributed by atoms with Crippen molar-refractivity contribution in [3.63, 3.8) is 0 Å². The van der Waals surface area contributed by atoms with Gasteiger partial charge in [-0.3, -0.25) is 4.90 Å². The molecule has 2 fully saturated rings. The quantitative estimate of drug-likeness (QED) is 0.889. The highest BCUT2D eigenvalue weighted by atomic mass is 32.1. The molecule has 0 aromatic carbocycles. The topological polar surface area (TPSA) is 28.2 Å². The van der Waals surface area contributed by atoms with E-state index in [0.29, 0.717) is 5.41 Å². The van der Waals surface area contributed by atoms with Crippen LogP contribution in [0.25, 0.3) is 0 Å². The number of likely N-dealkylation sites (tertiary alicyclic amines) is 1. The van der Waals surface area contributed by atoms with Gasteiger partial charge >= 0.3 is 0 Å². The Bertz CT molecular complexity index is 421. The summed E-state index contributed by atoms with van der Waals surface area (Å²) in [5.41, 5.74) is 1.81. The maximum absolute atomic E-state index is 4.55. The molecular weight excluding hydrogens is 242 g/mol. The van der Waals surface area contributed by atoms with Crippen LogP contribution in [0.1, 0.15) is 34.8 Å². The molecule has 2 aliphatic heterocycles. The van der Waals surface area contributed by atoms with Crippen LogP contribution in [0, 0.1) is 19.3 Å². The molecule has 1 atom stereocenters. The molecule has 3 rings (SSSR count). The summed E-state index contributed by atoms with van der Waals surface area (Å²) in [6, 6.07) is 0. The minimum Gasteiger partial charge on any atom is -0.316 e. The van der Waals surface area contributed by atoms with Crippen LogP contribution in [0.4, 0.5) is 0 Å². The van der Waals surface area contributed by atoms with E-state index < -0.39 is 0 Å². The number of thiazole rings is 1. The van der Waals surface area contributed by atoms with Gasteiger partial charge in [-0.15, -0.1) is 11.3 Å². The molecule has 0 unspecified atom stereocenters. The molecule has 100 valence electrons. The Labute approximate surface area is 114 Å². The summed E-state index contributed by atoms with van der Waals surface area (Å²) >= 11 is 1.87. The van der Waals surface area contributed by atoms with Gasteiger partial charge < -0.3 is 5.32 Å². The molecule has 0 radical (unpaired) electrons. The summed E-state index contributed by atoms with van der Waals surface area (Å²) in [7, 11) is 0. The van der Waals surface area contributed by atoms with Crippen molar-refractivity contribution < 1.29 is 0 Å². The van der Waals surface area contributed by atoms with Crippen molar-refractivity contribution in [1.29, 1.82) is 0 Å². The third kappa shape index (κ3) is 2.46. The fourth-order valence-corrected chi connectivity index (χ4v) is 4.49. The zero-order chi connectivity index (χ0) is 12.6. The van der Waals surface area contributed by atoms with Crippen LogP contribution in [-0.4, -0.2) is 36.1 Å². The molecule has 2 aliphatic rings. The van der Waals surface area contributed by atoms with Crippen LogP contribution in [0.2, 0.25) is 0 Å². The first-order chi connectivity index (χ1) is 8.67. The number of nitrogens with zero attached hydrogens (tertiary/aromatic N) is 2. The van der Waals surface area contributed by atoms with E-state index in [-0.39, 0.29) is 0 Å². The lowest BCUT2D eigenvalue weighted by molar-refractivity contribution is 0.0984. The van der Waals surface area contributed by atoms with Crippen molar-refractivity contribution >= 4 is 11.3 Å². The smallest absolute Gasteiger partial charge is 0.0900 e. The second-order valence-corrected chi connectivity index (χ2v) is 7.27. The predicted octanol–water partition coefficient (Wildman–Crippen LogP) is 2.34. The molecule has 18 heavy (non-hydrogen) atoms. The van der Waals surface area contributed by atoms with Crippen LogP contribution >= 0.6 is 11.3 Å². The van der Waals surface area contributed by atoms with Gasteiger partial charge in [0.15, 0.2) is 0 Å². The van der Waals surface area contributed by atoms with Crippen LogP contribution < -0.4 is 5.32 Å². The van der Waals surface area contributed by atoms with Gasteiger partial charge in [-0.25, -0.2) is 4.98 Å². The van der Waals surface area contributed by atoms with Crippen LogP contribution in [0.5, 0.6) is 0 Å².